The van der Waals surface area contributed by atoms with Crippen molar-refractivity contribution in [3.05, 3.63) is 83.6 Å². The number of likely N-dealkylation sites (tertiary alicyclic amines) is 2. The van der Waals surface area contributed by atoms with E-state index in [0.29, 0.717) is 13.1 Å². The van der Waals surface area contributed by atoms with E-state index in [2.05, 4.69) is 89.0 Å². The number of rotatable bonds is 11. The Morgan fingerprint density at radius 2 is 1.25 bits per heavy atom. The van der Waals surface area contributed by atoms with Crippen molar-refractivity contribution in [3.8, 4) is 33.5 Å². The van der Waals surface area contributed by atoms with Crippen LogP contribution in [-0.2, 0) is 30.9 Å². The van der Waals surface area contributed by atoms with Crippen molar-refractivity contribution in [2.75, 3.05) is 27.3 Å². The molecule has 14 nitrogen and oxygen atoms in total. The molecule has 4 N–H and O–H groups in total. The number of ether oxygens (including phenoxy) is 2. The average Bonchev–Trinajstić information content (AvgIpc) is 4.20. The Labute approximate surface area is 393 Å². The largest absolute Gasteiger partial charge is 0.453 e. The summed E-state index contributed by atoms with van der Waals surface area (Å²) in [6.45, 7) is 13.2. The van der Waals surface area contributed by atoms with Crippen molar-refractivity contribution in [1.29, 1.82) is 0 Å². The van der Waals surface area contributed by atoms with Gasteiger partial charge < -0.3 is 39.9 Å². The van der Waals surface area contributed by atoms with Crippen LogP contribution >= 0.6 is 0 Å². The summed E-state index contributed by atoms with van der Waals surface area (Å²) < 4.78 is 9.68. The minimum Gasteiger partial charge on any atom is -0.453 e. The van der Waals surface area contributed by atoms with Crippen LogP contribution in [0.15, 0.2) is 60.8 Å². The lowest BCUT2D eigenvalue weighted by atomic mass is 9.76. The highest BCUT2D eigenvalue weighted by atomic mass is 16.5. The van der Waals surface area contributed by atoms with Crippen LogP contribution in [0.3, 0.4) is 0 Å². The van der Waals surface area contributed by atoms with Gasteiger partial charge in [0, 0.05) is 13.1 Å². The molecule has 0 bridgehead atoms. The number of aromatic nitrogens is 4. The maximum Gasteiger partial charge on any atom is 0.407 e. The third kappa shape index (κ3) is 8.68. The molecule has 4 heterocycles. The zero-order valence-electron chi connectivity index (χ0n) is 40.2. The van der Waals surface area contributed by atoms with Gasteiger partial charge in [0.2, 0.25) is 11.8 Å². The summed E-state index contributed by atoms with van der Waals surface area (Å²) in [5.74, 6) is 1.59. The van der Waals surface area contributed by atoms with Crippen LogP contribution in [0.5, 0.6) is 0 Å². The third-order valence-electron chi connectivity index (χ3n) is 15.2. The lowest BCUT2D eigenvalue weighted by Crippen LogP contribution is -2.51. The fraction of sp³-hybridized carbons (Fsp3) is 0.509. The second kappa shape index (κ2) is 18.5. The van der Waals surface area contributed by atoms with Crippen LogP contribution < -0.4 is 10.6 Å². The maximum absolute atomic E-state index is 14.0. The Bertz CT molecular complexity index is 2660. The first-order valence-corrected chi connectivity index (χ1v) is 24.3. The monoisotopic (exact) mass is 911 g/mol. The van der Waals surface area contributed by atoms with Crippen LogP contribution in [0, 0.1) is 23.7 Å². The van der Waals surface area contributed by atoms with Gasteiger partial charge in [-0.3, -0.25) is 9.59 Å². The topological polar surface area (TPSA) is 175 Å². The molecule has 1 spiro atoms. The summed E-state index contributed by atoms with van der Waals surface area (Å²) in [7, 11) is 2.62. The molecular weight excluding hydrogens is 845 g/mol. The normalized spacial score (nSPS) is 21.9. The fourth-order valence-electron chi connectivity index (χ4n) is 11.8. The molecule has 2 aromatic heterocycles. The SMILES string of the molecule is COC(=O)N[C@H](C(=O)N1C[C@@H](C)C[C@H]1c1ncc(-c2ccc(-c3ccc(-c4ccc5nc([C@@H]6C[C@H](C)CN6C(=O)[C@@H](NC(=O)OC)C(C)C)[nH]c5c4)c4c3C3(CCCC3)CC4)cc2)[nH]1)C(C)C. The molecule has 2 aliphatic heterocycles. The maximum atomic E-state index is 14.0. The first kappa shape index (κ1) is 46.0. The Morgan fingerprint density at radius 3 is 1.84 bits per heavy atom. The molecule has 3 fully saturated rings. The number of nitrogens with one attached hydrogen (secondary N) is 4. The van der Waals surface area contributed by atoms with Gasteiger partial charge in [-0.25, -0.2) is 19.6 Å². The molecule has 67 heavy (non-hydrogen) atoms. The molecule has 0 radical (unpaired) electrons. The first-order valence-electron chi connectivity index (χ1n) is 24.3. The number of benzene rings is 3. The van der Waals surface area contributed by atoms with Gasteiger partial charge in [0.1, 0.15) is 23.7 Å². The molecular formula is C53H66N8O6. The van der Waals surface area contributed by atoms with Gasteiger partial charge in [0.25, 0.3) is 0 Å². The Morgan fingerprint density at radius 1 is 0.701 bits per heavy atom. The number of nitrogens with zero attached hydrogens (tertiary/aromatic N) is 4. The van der Waals surface area contributed by atoms with Crippen molar-refractivity contribution < 1.29 is 28.7 Å². The molecule has 4 aliphatic rings. The zero-order chi connectivity index (χ0) is 47.3. The highest BCUT2D eigenvalue weighted by molar-refractivity contribution is 5.89. The lowest BCUT2D eigenvalue weighted by Gasteiger charge is -2.30. The van der Waals surface area contributed by atoms with Gasteiger partial charge in [-0.05, 0) is 119 Å². The van der Waals surface area contributed by atoms with Gasteiger partial charge in [-0.15, -0.1) is 0 Å². The van der Waals surface area contributed by atoms with Crippen LogP contribution in [0.1, 0.15) is 121 Å². The van der Waals surface area contributed by atoms with Gasteiger partial charge in [-0.1, -0.05) is 96.8 Å². The summed E-state index contributed by atoms with van der Waals surface area (Å²) >= 11 is 0. The number of carbonyl (C=O) groups excluding carboxylic acids is 4. The van der Waals surface area contributed by atoms with E-state index >= 15 is 0 Å². The molecule has 2 aliphatic carbocycles. The van der Waals surface area contributed by atoms with Crippen LogP contribution in [0.25, 0.3) is 44.5 Å². The second-order valence-corrected chi connectivity index (χ2v) is 20.5. The number of methoxy groups -OCH3 is 2. The first-order chi connectivity index (χ1) is 32.2. The molecule has 4 amide bonds. The summed E-state index contributed by atoms with van der Waals surface area (Å²) in [5.41, 5.74) is 11.7. The molecule has 354 valence electrons. The Kier molecular flexibility index (Phi) is 12.7. The zero-order valence-corrected chi connectivity index (χ0v) is 40.2. The standard InChI is InChI=1S/C53H66N8O6/c1-29(2)45(58-51(64)66-7)49(62)60-27-31(5)23-42(60)47-54-26-41(57-47)34-13-11-33(12-14-34)37-17-16-36(38-19-22-53(44(37)38)20-9-10-21-53)35-15-18-39-40(25-35)56-48(55-39)43-24-32(6)28-61(43)50(63)46(30(3)4)59-52(65)67-8/h11-18,25-26,29-32,42-43,45-46H,9-10,19-24,27-28H2,1-8H3,(H,54,57)(H,55,56)(H,58,64)(H,59,65)/t31-,32-,42-,43-,45-,46-/m0/s1. The molecule has 14 heteroatoms. The van der Waals surface area contributed by atoms with Crippen molar-refractivity contribution in [2.45, 2.75) is 122 Å². The molecule has 6 atom stereocenters. The van der Waals surface area contributed by atoms with E-state index in [1.54, 1.807) is 0 Å². The number of hydrogen-bond donors (Lipinski definition) is 4. The number of aromatic amines is 2. The predicted molar refractivity (Wildman–Crippen MR) is 258 cm³/mol. The van der Waals surface area contributed by atoms with E-state index in [1.165, 1.54) is 67.7 Å². The van der Waals surface area contributed by atoms with E-state index in [-0.39, 0.29) is 53.0 Å². The summed E-state index contributed by atoms with van der Waals surface area (Å²) in [6, 6.07) is 18.1. The van der Waals surface area contributed by atoms with Gasteiger partial charge in [0.15, 0.2) is 0 Å². The van der Waals surface area contributed by atoms with E-state index in [0.717, 1.165) is 65.2 Å². The molecule has 3 aromatic carbocycles. The van der Waals surface area contributed by atoms with E-state index in [1.807, 2.05) is 43.7 Å². The number of alkyl carbamates (subject to hydrolysis) is 2. The molecule has 5 aromatic rings. The van der Waals surface area contributed by atoms with E-state index in [4.69, 9.17) is 19.4 Å². The molecule has 1 saturated carbocycles. The molecule has 9 rings (SSSR count). The predicted octanol–water partition coefficient (Wildman–Crippen LogP) is 9.63. The van der Waals surface area contributed by atoms with Gasteiger partial charge >= 0.3 is 12.2 Å². The number of hydrogen-bond acceptors (Lipinski definition) is 8. The van der Waals surface area contributed by atoms with Crippen LogP contribution in [0.2, 0.25) is 0 Å². The lowest BCUT2D eigenvalue weighted by molar-refractivity contribution is -0.136. The number of H-pyrrole nitrogens is 2. The van der Waals surface area contributed by atoms with Gasteiger partial charge in [0.05, 0.1) is 49.2 Å². The fourth-order valence-corrected chi connectivity index (χ4v) is 11.8. The molecule has 0 unspecified atom stereocenters. The molecule has 2 saturated heterocycles. The second-order valence-electron chi connectivity index (χ2n) is 20.5. The summed E-state index contributed by atoms with van der Waals surface area (Å²) in [5, 5.41) is 5.51. The van der Waals surface area contributed by atoms with Crippen molar-refractivity contribution in [2.24, 2.45) is 23.7 Å². The summed E-state index contributed by atoms with van der Waals surface area (Å²) in [6.07, 6.45) is 9.25. The minimum atomic E-state index is -0.701. The minimum absolute atomic E-state index is 0.113. The Hall–Kier alpha value is -6.18. The number of carbonyl (C=O) groups is 4. The highest BCUT2D eigenvalue weighted by Crippen LogP contribution is 2.55. The van der Waals surface area contributed by atoms with Crippen LogP contribution in [-0.4, -0.2) is 93.1 Å². The van der Waals surface area contributed by atoms with Crippen LogP contribution in [0.4, 0.5) is 9.59 Å². The average molecular weight is 911 g/mol. The third-order valence-corrected chi connectivity index (χ3v) is 15.2. The summed E-state index contributed by atoms with van der Waals surface area (Å²) in [4.78, 5) is 73.0. The van der Waals surface area contributed by atoms with E-state index < -0.39 is 24.3 Å². The quantitative estimate of drug-likeness (QED) is 0.101. The number of amides is 4. The Balaban J connectivity index is 0.983. The van der Waals surface area contributed by atoms with E-state index in [9.17, 15) is 19.2 Å². The highest BCUT2D eigenvalue weighted by Gasteiger charge is 2.45. The van der Waals surface area contributed by atoms with Crippen molar-refractivity contribution in [3.63, 3.8) is 0 Å². The van der Waals surface area contributed by atoms with Crippen molar-refractivity contribution >= 4 is 35.0 Å². The van der Waals surface area contributed by atoms with Gasteiger partial charge in [-0.2, -0.15) is 0 Å². The number of imidazole rings is 2. The number of fused-ring (bicyclic) bond motifs is 3. The smallest absolute Gasteiger partial charge is 0.407 e. The van der Waals surface area contributed by atoms with Crippen molar-refractivity contribution in [1.82, 2.24) is 40.4 Å².